The van der Waals surface area contributed by atoms with Gasteiger partial charge in [0.1, 0.15) is 0 Å². The fraction of sp³-hybridized carbons (Fsp3) is 0.500. The topological polar surface area (TPSA) is 52.6 Å². The molecule has 1 fully saturated rings. The maximum atomic E-state index is 13.8. The van der Waals surface area contributed by atoms with Gasteiger partial charge in [0.2, 0.25) is 0 Å². The molecule has 1 atom stereocenters. The van der Waals surface area contributed by atoms with E-state index in [4.69, 9.17) is 0 Å². The van der Waals surface area contributed by atoms with Crippen molar-refractivity contribution in [1.29, 1.82) is 0 Å². The summed E-state index contributed by atoms with van der Waals surface area (Å²) in [5.41, 5.74) is 0. The number of aromatic nitrogens is 1. The summed E-state index contributed by atoms with van der Waals surface area (Å²) in [5, 5.41) is 6.66. The molecule has 0 radical (unpaired) electrons. The highest BCUT2D eigenvalue weighted by atomic mass is 19.1. The number of allylic oxidation sites excluding steroid dienone is 1. The number of nitrogens with one attached hydrogen (secondary N) is 2. The molecule has 0 aliphatic carbocycles. The van der Waals surface area contributed by atoms with Gasteiger partial charge in [-0.3, -0.25) is 4.99 Å². The molecule has 5 nitrogen and oxygen atoms in total. The summed E-state index contributed by atoms with van der Waals surface area (Å²) in [7, 11) is 1.76. The number of rotatable bonds is 5. The van der Waals surface area contributed by atoms with Gasteiger partial charge in [0.05, 0.1) is 0 Å². The van der Waals surface area contributed by atoms with Gasteiger partial charge in [-0.2, -0.15) is 0 Å². The first-order chi connectivity index (χ1) is 10.7. The maximum Gasteiger partial charge on any atom is 0.191 e. The SMILES string of the molecule is C/C=C/CCNC(=NC)NC1CCN(c2ncccc2F)C1. The van der Waals surface area contributed by atoms with Crippen LogP contribution in [0.2, 0.25) is 0 Å². The molecule has 0 saturated carbocycles. The highest BCUT2D eigenvalue weighted by Gasteiger charge is 2.25. The van der Waals surface area contributed by atoms with Gasteiger partial charge >= 0.3 is 0 Å². The minimum Gasteiger partial charge on any atom is -0.356 e. The highest BCUT2D eigenvalue weighted by molar-refractivity contribution is 5.80. The lowest BCUT2D eigenvalue weighted by Gasteiger charge is -2.19. The molecule has 2 N–H and O–H groups in total. The minimum atomic E-state index is -0.267. The molecule has 1 aromatic heterocycles. The Bertz CT molecular complexity index is 529. The number of aliphatic imine (C=N–C) groups is 1. The van der Waals surface area contributed by atoms with Crippen LogP contribution < -0.4 is 15.5 Å². The van der Waals surface area contributed by atoms with Crippen molar-refractivity contribution in [2.24, 2.45) is 4.99 Å². The van der Waals surface area contributed by atoms with Crippen molar-refractivity contribution in [3.05, 3.63) is 36.3 Å². The van der Waals surface area contributed by atoms with Crippen LogP contribution in [0.25, 0.3) is 0 Å². The van der Waals surface area contributed by atoms with Crippen molar-refractivity contribution in [2.75, 3.05) is 31.6 Å². The Balaban J connectivity index is 1.84. The fourth-order valence-electron chi connectivity index (χ4n) is 2.51. The molecule has 0 aromatic carbocycles. The van der Waals surface area contributed by atoms with E-state index in [9.17, 15) is 4.39 Å². The van der Waals surface area contributed by atoms with Gasteiger partial charge in [-0.05, 0) is 31.9 Å². The Morgan fingerprint density at radius 1 is 1.59 bits per heavy atom. The number of halogens is 1. The molecule has 1 saturated heterocycles. The molecule has 2 heterocycles. The summed E-state index contributed by atoms with van der Waals surface area (Å²) in [6, 6.07) is 3.31. The van der Waals surface area contributed by atoms with Gasteiger partial charge < -0.3 is 15.5 Å². The summed E-state index contributed by atoms with van der Waals surface area (Å²) < 4.78 is 13.8. The maximum absolute atomic E-state index is 13.8. The van der Waals surface area contributed by atoms with Crippen LogP contribution in [-0.2, 0) is 0 Å². The minimum absolute atomic E-state index is 0.245. The van der Waals surface area contributed by atoms with Crippen molar-refractivity contribution in [3.8, 4) is 0 Å². The zero-order valence-electron chi connectivity index (χ0n) is 13.2. The van der Waals surface area contributed by atoms with Gasteiger partial charge in [0.15, 0.2) is 17.6 Å². The summed E-state index contributed by atoms with van der Waals surface area (Å²) in [5.74, 6) is 0.956. The third kappa shape index (κ3) is 4.44. The zero-order valence-corrected chi connectivity index (χ0v) is 13.2. The highest BCUT2D eigenvalue weighted by Crippen LogP contribution is 2.20. The van der Waals surface area contributed by atoms with E-state index in [-0.39, 0.29) is 11.9 Å². The van der Waals surface area contributed by atoms with E-state index in [0.29, 0.717) is 5.82 Å². The largest absolute Gasteiger partial charge is 0.356 e. The van der Waals surface area contributed by atoms with Crippen LogP contribution in [0.5, 0.6) is 0 Å². The third-order valence-corrected chi connectivity index (χ3v) is 3.63. The van der Waals surface area contributed by atoms with Gasteiger partial charge in [0.25, 0.3) is 0 Å². The molecule has 0 spiro atoms. The third-order valence-electron chi connectivity index (χ3n) is 3.63. The van der Waals surface area contributed by atoms with E-state index in [1.807, 2.05) is 17.9 Å². The normalized spacial score (nSPS) is 19.0. The Hall–Kier alpha value is -2.11. The van der Waals surface area contributed by atoms with Crippen LogP contribution >= 0.6 is 0 Å². The smallest absolute Gasteiger partial charge is 0.191 e. The number of hydrogen-bond acceptors (Lipinski definition) is 3. The lowest BCUT2D eigenvalue weighted by molar-refractivity contribution is 0.612. The van der Waals surface area contributed by atoms with Crippen molar-refractivity contribution in [1.82, 2.24) is 15.6 Å². The van der Waals surface area contributed by atoms with Crippen molar-refractivity contribution < 1.29 is 4.39 Å². The van der Waals surface area contributed by atoms with Crippen molar-refractivity contribution in [2.45, 2.75) is 25.8 Å². The van der Waals surface area contributed by atoms with Crippen molar-refractivity contribution in [3.63, 3.8) is 0 Å². The molecule has 1 unspecified atom stereocenters. The average molecular weight is 305 g/mol. The molecule has 1 aliphatic rings. The second kappa shape index (κ2) is 8.36. The molecule has 1 aliphatic heterocycles. The second-order valence-corrected chi connectivity index (χ2v) is 5.24. The molecule has 0 bridgehead atoms. The summed E-state index contributed by atoms with van der Waals surface area (Å²) in [4.78, 5) is 10.3. The molecular weight excluding hydrogens is 281 g/mol. The van der Waals surface area contributed by atoms with Gasteiger partial charge in [-0.15, -0.1) is 0 Å². The molecule has 1 aromatic rings. The fourth-order valence-corrected chi connectivity index (χ4v) is 2.51. The quantitative estimate of drug-likeness (QED) is 0.378. The van der Waals surface area contributed by atoms with Crippen LogP contribution in [-0.4, -0.2) is 43.7 Å². The van der Waals surface area contributed by atoms with E-state index in [1.54, 1.807) is 19.3 Å². The lowest BCUT2D eigenvalue weighted by Crippen LogP contribution is -2.44. The van der Waals surface area contributed by atoms with Gasteiger partial charge in [-0.25, -0.2) is 9.37 Å². The van der Waals surface area contributed by atoms with E-state index in [1.165, 1.54) is 6.07 Å². The monoisotopic (exact) mass is 305 g/mol. The average Bonchev–Trinajstić information content (AvgIpc) is 2.99. The number of nitrogens with zero attached hydrogens (tertiary/aromatic N) is 3. The van der Waals surface area contributed by atoms with Crippen molar-refractivity contribution >= 4 is 11.8 Å². The summed E-state index contributed by atoms with van der Waals surface area (Å²) in [6.45, 7) is 4.37. The Labute approximate surface area is 131 Å². The Morgan fingerprint density at radius 2 is 2.45 bits per heavy atom. The van der Waals surface area contributed by atoms with Crippen LogP contribution in [0.15, 0.2) is 35.5 Å². The van der Waals surface area contributed by atoms with Crippen LogP contribution in [0.3, 0.4) is 0 Å². The molecular formula is C16H24FN5. The predicted octanol–water partition coefficient (Wildman–Crippen LogP) is 1.93. The van der Waals surface area contributed by atoms with Gasteiger partial charge in [-0.1, -0.05) is 12.2 Å². The predicted molar refractivity (Wildman–Crippen MR) is 88.7 cm³/mol. The van der Waals surface area contributed by atoms with Crippen LogP contribution in [0.1, 0.15) is 19.8 Å². The number of anilines is 1. The molecule has 0 amide bonds. The molecule has 120 valence electrons. The molecule has 22 heavy (non-hydrogen) atoms. The Kier molecular flexibility index (Phi) is 6.18. The van der Waals surface area contributed by atoms with Crippen LogP contribution in [0.4, 0.5) is 10.2 Å². The summed E-state index contributed by atoms with van der Waals surface area (Å²) >= 11 is 0. The zero-order chi connectivity index (χ0) is 15.8. The first-order valence-corrected chi connectivity index (χ1v) is 7.68. The van der Waals surface area contributed by atoms with E-state index in [0.717, 1.165) is 38.4 Å². The standard InChI is InChI=1S/C16H24FN5/c1-3-4-5-9-20-16(18-2)21-13-8-11-22(12-13)15-14(17)7-6-10-19-15/h3-4,6-7,10,13H,5,8-9,11-12H2,1-2H3,(H2,18,20,21)/b4-3+. The second-order valence-electron chi connectivity index (χ2n) is 5.24. The number of pyridine rings is 1. The van der Waals surface area contributed by atoms with E-state index in [2.05, 4.69) is 26.7 Å². The first kappa shape index (κ1) is 16.3. The van der Waals surface area contributed by atoms with E-state index >= 15 is 0 Å². The van der Waals surface area contributed by atoms with E-state index < -0.39 is 0 Å². The lowest BCUT2D eigenvalue weighted by atomic mass is 10.3. The number of hydrogen-bond donors (Lipinski definition) is 2. The van der Waals surface area contributed by atoms with Crippen LogP contribution in [0, 0.1) is 5.82 Å². The molecule has 2 rings (SSSR count). The van der Waals surface area contributed by atoms with Gasteiger partial charge in [0, 0.05) is 38.9 Å². The Morgan fingerprint density at radius 3 is 3.18 bits per heavy atom. The summed E-state index contributed by atoms with van der Waals surface area (Å²) in [6.07, 6.45) is 7.68. The molecule has 6 heteroatoms. The first-order valence-electron chi connectivity index (χ1n) is 7.68. The number of guanidine groups is 1.